The van der Waals surface area contributed by atoms with Crippen LogP contribution in [0.1, 0.15) is 31.3 Å². The fourth-order valence-corrected chi connectivity index (χ4v) is 2.31. The summed E-state index contributed by atoms with van der Waals surface area (Å²) in [5, 5.41) is 13.2. The van der Waals surface area contributed by atoms with Gasteiger partial charge in [-0.05, 0) is 32.0 Å². The molecule has 0 aromatic carbocycles. The van der Waals surface area contributed by atoms with Crippen LogP contribution in [0.3, 0.4) is 0 Å². The first-order valence-electron chi connectivity index (χ1n) is 5.89. The molecule has 1 unspecified atom stereocenters. The average Bonchev–Trinajstić information content (AvgIpc) is 2.86. The van der Waals surface area contributed by atoms with Crippen molar-refractivity contribution < 1.29 is 4.39 Å². The van der Waals surface area contributed by atoms with Crippen molar-refractivity contribution in [2.45, 2.75) is 26.3 Å². The largest absolute Gasteiger partial charge is 0.308 e. The van der Waals surface area contributed by atoms with Crippen LogP contribution < -0.4 is 5.32 Å². The van der Waals surface area contributed by atoms with Crippen LogP contribution in [0.25, 0.3) is 10.7 Å². The van der Waals surface area contributed by atoms with Gasteiger partial charge in [0, 0.05) is 0 Å². The molecule has 6 heteroatoms. The number of hydrogen-bond donors (Lipinski definition) is 1. The van der Waals surface area contributed by atoms with Crippen LogP contribution in [0.15, 0.2) is 18.3 Å². The third-order valence-corrected chi connectivity index (χ3v) is 3.59. The molecule has 0 bridgehead atoms. The van der Waals surface area contributed by atoms with Crippen molar-refractivity contribution in [1.29, 1.82) is 0 Å². The summed E-state index contributed by atoms with van der Waals surface area (Å²) in [7, 11) is 0. The molecule has 96 valence electrons. The smallest absolute Gasteiger partial charge is 0.166 e. The Balaban J connectivity index is 2.12. The van der Waals surface area contributed by atoms with Gasteiger partial charge in [0.2, 0.25) is 0 Å². The molecule has 0 spiro atoms. The highest BCUT2D eigenvalue weighted by molar-refractivity contribution is 7.14. The molecule has 1 N–H and O–H groups in total. The summed E-state index contributed by atoms with van der Waals surface area (Å²) in [6, 6.07) is 3.17. The summed E-state index contributed by atoms with van der Waals surface area (Å²) in [4.78, 5) is 4.00. The van der Waals surface area contributed by atoms with E-state index in [4.69, 9.17) is 0 Å². The number of aromatic nitrogens is 3. The van der Waals surface area contributed by atoms with Gasteiger partial charge in [0.15, 0.2) is 5.01 Å². The molecule has 0 aliphatic heterocycles. The van der Waals surface area contributed by atoms with Gasteiger partial charge in [-0.25, -0.2) is 4.39 Å². The zero-order chi connectivity index (χ0) is 13.0. The summed E-state index contributed by atoms with van der Waals surface area (Å²) in [5.41, 5.74) is 0.655. The van der Waals surface area contributed by atoms with Crippen molar-refractivity contribution in [3.8, 4) is 10.7 Å². The number of rotatable bonds is 5. The van der Waals surface area contributed by atoms with E-state index in [9.17, 15) is 4.39 Å². The molecule has 2 aromatic rings. The van der Waals surface area contributed by atoms with Gasteiger partial charge in [-0.1, -0.05) is 18.3 Å². The van der Waals surface area contributed by atoms with Crippen LogP contribution in [0.2, 0.25) is 0 Å². The van der Waals surface area contributed by atoms with E-state index in [-0.39, 0.29) is 11.9 Å². The number of nitrogens with one attached hydrogen (secondary N) is 1. The van der Waals surface area contributed by atoms with Crippen LogP contribution in [0.5, 0.6) is 0 Å². The Morgan fingerprint density at radius 1 is 1.39 bits per heavy atom. The van der Waals surface area contributed by atoms with Gasteiger partial charge >= 0.3 is 0 Å². The molecule has 1 atom stereocenters. The zero-order valence-electron chi connectivity index (χ0n) is 10.4. The maximum absolute atomic E-state index is 12.8. The van der Waals surface area contributed by atoms with Gasteiger partial charge in [-0.15, -0.1) is 10.2 Å². The molecule has 18 heavy (non-hydrogen) atoms. The summed E-state index contributed by atoms with van der Waals surface area (Å²) in [5.74, 6) is -0.346. The molecular weight excluding hydrogens is 251 g/mol. The first-order chi connectivity index (χ1) is 8.70. The van der Waals surface area contributed by atoms with Crippen molar-refractivity contribution >= 4 is 11.3 Å². The molecule has 4 nitrogen and oxygen atoms in total. The lowest BCUT2D eigenvalue weighted by molar-refractivity contribution is 0.564. The third-order valence-electron chi connectivity index (χ3n) is 2.46. The fraction of sp³-hybridized carbons (Fsp3) is 0.417. The van der Waals surface area contributed by atoms with Crippen LogP contribution in [-0.4, -0.2) is 21.7 Å². The minimum atomic E-state index is -0.346. The van der Waals surface area contributed by atoms with Gasteiger partial charge < -0.3 is 5.32 Å². The molecule has 0 aliphatic rings. The quantitative estimate of drug-likeness (QED) is 0.904. The van der Waals surface area contributed by atoms with Crippen LogP contribution in [0, 0.1) is 5.82 Å². The highest BCUT2D eigenvalue weighted by Gasteiger charge is 2.12. The molecular formula is C12H15FN4S. The molecule has 2 aromatic heterocycles. The first kappa shape index (κ1) is 13.0. The summed E-state index contributed by atoms with van der Waals surface area (Å²) < 4.78 is 12.8. The van der Waals surface area contributed by atoms with Gasteiger partial charge in [0.1, 0.15) is 16.5 Å². The lowest BCUT2D eigenvalue weighted by atomic mass is 10.3. The van der Waals surface area contributed by atoms with E-state index in [0.29, 0.717) is 5.69 Å². The van der Waals surface area contributed by atoms with Crippen LogP contribution in [0.4, 0.5) is 4.39 Å². The normalized spacial score (nSPS) is 12.6. The Labute approximate surface area is 109 Å². The molecule has 2 heterocycles. The highest BCUT2D eigenvalue weighted by atomic mass is 32.1. The first-order valence-corrected chi connectivity index (χ1v) is 6.71. The number of pyridine rings is 1. The molecule has 0 aliphatic carbocycles. The SMILES string of the molecule is CCCNC(C)c1nnc(-c2ccc(F)cn2)s1. The second-order valence-corrected chi connectivity index (χ2v) is 4.99. The minimum Gasteiger partial charge on any atom is -0.308 e. The number of hydrogen-bond acceptors (Lipinski definition) is 5. The third kappa shape index (κ3) is 3.08. The van der Waals surface area contributed by atoms with Crippen molar-refractivity contribution in [2.75, 3.05) is 6.54 Å². The summed E-state index contributed by atoms with van der Waals surface area (Å²) in [6.07, 6.45) is 2.27. The standard InChI is InChI=1S/C12H15FN4S/c1-3-6-14-8(2)11-16-17-12(18-11)10-5-4-9(13)7-15-10/h4-5,7-8,14H,3,6H2,1-2H3. The second kappa shape index (κ2) is 5.97. The topological polar surface area (TPSA) is 50.7 Å². The Morgan fingerprint density at radius 3 is 2.89 bits per heavy atom. The summed E-state index contributed by atoms with van der Waals surface area (Å²) in [6.45, 7) is 5.12. The lowest BCUT2D eigenvalue weighted by Gasteiger charge is -2.08. The molecule has 0 saturated heterocycles. The Morgan fingerprint density at radius 2 is 2.22 bits per heavy atom. The maximum atomic E-state index is 12.8. The Hall–Kier alpha value is -1.40. The van der Waals surface area contributed by atoms with E-state index < -0.39 is 0 Å². The monoisotopic (exact) mass is 266 g/mol. The summed E-state index contributed by atoms with van der Waals surface area (Å²) >= 11 is 1.48. The van der Waals surface area contributed by atoms with Crippen LogP contribution >= 0.6 is 11.3 Å². The fourth-order valence-electron chi connectivity index (χ4n) is 1.46. The van der Waals surface area contributed by atoms with Gasteiger partial charge in [-0.2, -0.15) is 0 Å². The molecule has 0 radical (unpaired) electrons. The minimum absolute atomic E-state index is 0.177. The zero-order valence-corrected chi connectivity index (χ0v) is 11.2. The van der Waals surface area contributed by atoms with E-state index in [1.807, 2.05) is 0 Å². The lowest BCUT2D eigenvalue weighted by Crippen LogP contribution is -2.18. The van der Waals surface area contributed by atoms with E-state index >= 15 is 0 Å². The molecule has 2 rings (SSSR count). The molecule has 0 amide bonds. The van der Waals surface area contributed by atoms with Crippen molar-refractivity contribution in [1.82, 2.24) is 20.5 Å². The Bertz CT molecular complexity index is 497. The second-order valence-electron chi connectivity index (χ2n) is 3.98. The van der Waals surface area contributed by atoms with Crippen molar-refractivity contribution in [2.24, 2.45) is 0 Å². The number of halogens is 1. The van der Waals surface area contributed by atoms with Crippen LogP contribution in [-0.2, 0) is 0 Å². The van der Waals surface area contributed by atoms with Gasteiger partial charge in [0.25, 0.3) is 0 Å². The number of nitrogens with zero attached hydrogens (tertiary/aromatic N) is 3. The predicted molar refractivity (Wildman–Crippen MR) is 69.8 cm³/mol. The van der Waals surface area contributed by atoms with Gasteiger partial charge in [-0.3, -0.25) is 4.98 Å². The molecule has 0 fully saturated rings. The maximum Gasteiger partial charge on any atom is 0.166 e. The predicted octanol–water partition coefficient (Wildman–Crippen LogP) is 2.80. The van der Waals surface area contributed by atoms with Gasteiger partial charge in [0.05, 0.1) is 12.2 Å². The van der Waals surface area contributed by atoms with E-state index in [1.165, 1.54) is 23.6 Å². The average molecular weight is 266 g/mol. The highest BCUT2D eigenvalue weighted by Crippen LogP contribution is 2.25. The van der Waals surface area contributed by atoms with Crippen molar-refractivity contribution in [3.63, 3.8) is 0 Å². The Kier molecular flexibility index (Phi) is 4.33. The van der Waals surface area contributed by atoms with E-state index in [1.54, 1.807) is 6.07 Å². The molecule has 0 saturated carbocycles. The van der Waals surface area contributed by atoms with E-state index in [0.717, 1.165) is 23.0 Å². The van der Waals surface area contributed by atoms with E-state index in [2.05, 4.69) is 34.3 Å². The van der Waals surface area contributed by atoms with Crippen molar-refractivity contribution in [3.05, 3.63) is 29.2 Å².